The maximum Gasteiger partial charge on any atom is 0.137 e. The Balaban J connectivity index is 2.62. The van der Waals surface area contributed by atoms with Crippen molar-refractivity contribution in [2.45, 2.75) is 13.0 Å². The molecule has 0 saturated heterocycles. The fourth-order valence-corrected chi connectivity index (χ4v) is 1.50. The van der Waals surface area contributed by atoms with E-state index in [1.807, 2.05) is 0 Å². The molecule has 2 nitrogen and oxygen atoms in total. The summed E-state index contributed by atoms with van der Waals surface area (Å²) in [6, 6.07) is 1.20. The van der Waals surface area contributed by atoms with Crippen LogP contribution in [0.4, 0.5) is 8.78 Å². The highest BCUT2D eigenvalue weighted by Crippen LogP contribution is 2.31. The quantitative estimate of drug-likeness (QED) is 0.716. The van der Waals surface area contributed by atoms with Crippen molar-refractivity contribution in [3.8, 4) is 5.75 Å². The van der Waals surface area contributed by atoms with Crippen molar-refractivity contribution in [1.82, 2.24) is 0 Å². The Bertz CT molecular complexity index is 348. The molecule has 0 atom stereocenters. The van der Waals surface area contributed by atoms with E-state index in [1.54, 1.807) is 0 Å². The number of fused-ring (bicyclic) bond motifs is 1. The van der Waals surface area contributed by atoms with Gasteiger partial charge in [-0.3, -0.25) is 0 Å². The highest BCUT2D eigenvalue weighted by molar-refractivity contribution is 5.42. The van der Waals surface area contributed by atoms with E-state index < -0.39 is 11.6 Å². The van der Waals surface area contributed by atoms with Crippen molar-refractivity contribution in [2.24, 2.45) is 5.73 Å². The molecule has 1 heterocycles. The zero-order valence-corrected chi connectivity index (χ0v) is 6.94. The fourth-order valence-electron chi connectivity index (χ4n) is 1.50. The highest BCUT2D eigenvalue weighted by Gasteiger charge is 2.22. The summed E-state index contributed by atoms with van der Waals surface area (Å²) in [6.07, 6.45) is 0.494. The van der Waals surface area contributed by atoms with Crippen molar-refractivity contribution < 1.29 is 13.5 Å². The molecule has 0 aliphatic carbocycles. The molecular formula is C9H9F2NO. The molecule has 4 heteroatoms. The highest BCUT2D eigenvalue weighted by atomic mass is 19.1. The average Bonchev–Trinajstić information content (AvgIpc) is 2.53. The number of hydrogen-bond donors (Lipinski definition) is 1. The lowest BCUT2D eigenvalue weighted by molar-refractivity contribution is 0.355. The van der Waals surface area contributed by atoms with Crippen LogP contribution in [0.3, 0.4) is 0 Å². The minimum Gasteiger partial charge on any atom is -0.493 e. The van der Waals surface area contributed by atoms with Crippen LogP contribution in [0, 0.1) is 11.6 Å². The summed E-state index contributed by atoms with van der Waals surface area (Å²) in [5.41, 5.74) is 5.62. The van der Waals surface area contributed by atoms with Crippen LogP contribution in [0.5, 0.6) is 5.75 Å². The van der Waals surface area contributed by atoms with Crippen molar-refractivity contribution >= 4 is 0 Å². The fraction of sp³-hybridized carbons (Fsp3) is 0.333. The normalized spacial score (nSPS) is 14.1. The zero-order valence-electron chi connectivity index (χ0n) is 6.94. The van der Waals surface area contributed by atoms with Crippen molar-refractivity contribution in [3.63, 3.8) is 0 Å². The Morgan fingerprint density at radius 1 is 1.46 bits per heavy atom. The maximum absolute atomic E-state index is 13.4. The molecule has 2 rings (SSSR count). The Hall–Kier alpha value is -1.16. The van der Waals surface area contributed by atoms with Gasteiger partial charge in [0.05, 0.1) is 6.61 Å². The Morgan fingerprint density at radius 3 is 2.92 bits per heavy atom. The summed E-state index contributed by atoms with van der Waals surface area (Å²) in [6.45, 7) is 0.296. The predicted molar refractivity (Wildman–Crippen MR) is 43.4 cm³/mol. The van der Waals surface area contributed by atoms with Gasteiger partial charge in [0.1, 0.15) is 17.4 Å². The van der Waals surface area contributed by atoms with Gasteiger partial charge in [0.25, 0.3) is 0 Å². The largest absolute Gasteiger partial charge is 0.493 e. The molecule has 1 aliphatic rings. The lowest BCUT2D eigenvalue weighted by Gasteiger charge is -2.05. The molecule has 70 valence electrons. The van der Waals surface area contributed by atoms with Crippen LogP contribution in [0.15, 0.2) is 6.07 Å². The minimum atomic E-state index is -0.624. The van der Waals surface area contributed by atoms with E-state index in [2.05, 4.69) is 0 Å². The van der Waals surface area contributed by atoms with E-state index in [-0.39, 0.29) is 12.1 Å². The third-order valence-corrected chi connectivity index (χ3v) is 2.19. The predicted octanol–water partition coefficient (Wildman–Crippen LogP) is 1.36. The van der Waals surface area contributed by atoms with Gasteiger partial charge in [-0.25, -0.2) is 8.78 Å². The topological polar surface area (TPSA) is 35.2 Å². The summed E-state index contributed by atoms with van der Waals surface area (Å²) in [5.74, 6) is -0.858. The first-order valence-corrected chi connectivity index (χ1v) is 4.06. The van der Waals surface area contributed by atoms with Crippen LogP contribution in [-0.4, -0.2) is 6.61 Å². The molecule has 0 unspecified atom stereocenters. The summed E-state index contributed by atoms with van der Waals surface area (Å²) in [7, 11) is 0. The first-order valence-electron chi connectivity index (χ1n) is 4.06. The van der Waals surface area contributed by atoms with Crippen LogP contribution in [0.25, 0.3) is 0 Å². The summed E-state index contributed by atoms with van der Waals surface area (Å²) < 4.78 is 31.6. The maximum atomic E-state index is 13.4. The summed E-state index contributed by atoms with van der Waals surface area (Å²) in [5, 5.41) is 0. The Kier molecular flexibility index (Phi) is 1.92. The molecular weight excluding hydrogens is 176 g/mol. The Morgan fingerprint density at radius 2 is 2.23 bits per heavy atom. The van der Waals surface area contributed by atoms with Gasteiger partial charge < -0.3 is 10.5 Å². The smallest absolute Gasteiger partial charge is 0.137 e. The van der Waals surface area contributed by atoms with Gasteiger partial charge in [-0.15, -0.1) is 0 Å². The number of benzene rings is 1. The molecule has 0 amide bonds. The molecule has 1 aromatic carbocycles. The lowest BCUT2D eigenvalue weighted by atomic mass is 10.1. The first kappa shape index (κ1) is 8.44. The molecule has 1 aliphatic heterocycles. The van der Waals surface area contributed by atoms with Gasteiger partial charge in [0.2, 0.25) is 0 Å². The van der Waals surface area contributed by atoms with Crippen LogP contribution in [-0.2, 0) is 13.0 Å². The van der Waals surface area contributed by atoms with Crippen molar-refractivity contribution in [2.75, 3.05) is 6.61 Å². The number of ether oxygens (including phenoxy) is 1. The third kappa shape index (κ3) is 1.18. The second-order valence-electron chi connectivity index (χ2n) is 2.93. The second-order valence-corrected chi connectivity index (χ2v) is 2.93. The monoisotopic (exact) mass is 185 g/mol. The van der Waals surface area contributed by atoms with E-state index in [4.69, 9.17) is 10.5 Å². The van der Waals surface area contributed by atoms with Gasteiger partial charge in [-0.1, -0.05) is 0 Å². The van der Waals surface area contributed by atoms with Gasteiger partial charge in [0.15, 0.2) is 0 Å². The van der Waals surface area contributed by atoms with E-state index >= 15 is 0 Å². The summed E-state index contributed by atoms with van der Waals surface area (Å²) >= 11 is 0. The molecule has 0 saturated carbocycles. The van der Waals surface area contributed by atoms with Gasteiger partial charge >= 0.3 is 0 Å². The molecule has 0 fully saturated rings. The molecule has 0 aromatic heterocycles. The van der Waals surface area contributed by atoms with Crippen LogP contribution >= 0.6 is 0 Å². The van der Waals surface area contributed by atoms with Gasteiger partial charge in [-0.2, -0.15) is 0 Å². The molecule has 0 bridgehead atoms. The molecule has 0 radical (unpaired) electrons. The number of nitrogens with two attached hydrogens (primary N) is 1. The Labute approximate surface area is 74.3 Å². The van der Waals surface area contributed by atoms with Crippen molar-refractivity contribution in [3.05, 3.63) is 28.8 Å². The number of hydrogen-bond acceptors (Lipinski definition) is 2. The number of halogens is 2. The molecule has 2 N–H and O–H groups in total. The lowest BCUT2D eigenvalue weighted by Crippen LogP contribution is -2.05. The van der Waals surface area contributed by atoms with E-state index in [0.29, 0.717) is 24.3 Å². The summed E-state index contributed by atoms with van der Waals surface area (Å²) in [4.78, 5) is 0. The van der Waals surface area contributed by atoms with Gasteiger partial charge in [0, 0.05) is 30.2 Å². The van der Waals surface area contributed by atoms with Crippen LogP contribution in [0.1, 0.15) is 11.1 Å². The van der Waals surface area contributed by atoms with Crippen LogP contribution < -0.4 is 10.5 Å². The molecule has 1 aromatic rings. The zero-order chi connectivity index (χ0) is 9.42. The first-order chi connectivity index (χ1) is 6.24. The van der Waals surface area contributed by atoms with E-state index in [9.17, 15) is 8.78 Å². The molecule has 0 spiro atoms. The van der Waals surface area contributed by atoms with Gasteiger partial charge in [-0.05, 0) is 0 Å². The SMILES string of the molecule is NCc1c(F)cc2c(c1F)CCO2. The minimum absolute atomic E-state index is 0.0516. The molecule has 13 heavy (non-hydrogen) atoms. The van der Waals surface area contributed by atoms with E-state index in [1.165, 1.54) is 6.07 Å². The third-order valence-electron chi connectivity index (χ3n) is 2.19. The average molecular weight is 185 g/mol. The number of rotatable bonds is 1. The second kappa shape index (κ2) is 2.96. The van der Waals surface area contributed by atoms with Crippen LogP contribution in [0.2, 0.25) is 0 Å². The standard InChI is InChI=1S/C9H9F2NO/c10-7-3-8-5(1-2-13-8)9(11)6(7)4-12/h3H,1-2,4,12H2. The van der Waals surface area contributed by atoms with E-state index in [0.717, 1.165) is 0 Å². The van der Waals surface area contributed by atoms with Crippen molar-refractivity contribution in [1.29, 1.82) is 0 Å².